The van der Waals surface area contributed by atoms with E-state index in [0.29, 0.717) is 5.56 Å². The maximum Gasteiger partial charge on any atom is 0.419 e. The van der Waals surface area contributed by atoms with E-state index in [1.807, 2.05) is 0 Å². The fourth-order valence-corrected chi connectivity index (χ4v) is 1.23. The van der Waals surface area contributed by atoms with Crippen molar-refractivity contribution < 1.29 is 22.6 Å². The van der Waals surface area contributed by atoms with E-state index in [1.54, 1.807) is 0 Å². The molecule has 0 radical (unpaired) electrons. The van der Waals surface area contributed by atoms with Crippen molar-refractivity contribution in [3.63, 3.8) is 0 Å². The van der Waals surface area contributed by atoms with Gasteiger partial charge in [-0.05, 0) is 17.7 Å². The Balaban J connectivity index is 3.09. The second kappa shape index (κ2) is 4.53. The fraction of sp³-hybridized carbons (Fsp3) is 0.400. The number of ether oxygens (including phenoxy) is 2. The minimum Gasteiger partial charge on any atom is -0.496 e. The van der Waals surface area contributed by atoms with Crippen LogP contribution in [0.15, 0.2) is 18.2 Å². The van der Waals surface area contributed by atoms with E-state index in [2.05, 4.69) is 4.74 Å². The third-order valence-corrected chi connectivity index (χ3v) is 1.88. The molecule has 5 heteroatoms. The summed E-state index contributed by atoms with van der Waals surface area (Å²) in [7, 11) is 2.69. The van der Waals surface area contributed by atoms with Gasteiger partial charge in [-0.2, -0.15) is 13.2 Å². The first-order valence-corrected chi connectivity index (χ1v) is 4.22. The average molecular weight is 220 g/mol. The molecule has 84 valence electrons. The van der Waals surface area contributed by atoms with Gasteiger partial charge in [0.25, 0.3) is 0 Å². The molecule has 2 nitrogen and oxygen atoms in total. The Labute approximate surface area is 85.6 Å². The van der Waals surface area contributed by atoms with E-state index in [0.717, 1.165) is 6.07 Å². The highest BCUT2D eigenvalue weighted by Gasteiger charge is 2.34. The van der Waals surface area contributed by atoms with Gasteiger partial charge in [0.15, 0.2) is 0 Å². The molecule has 0 bridgehead atoms. The molecule has 15 heavy (non-hydrogen) atoms. The first kappa shape index (κ1) is 11.8. The van der Waals surface area contributed by atoms with Crippen LogP contribution in [0.3, 0.4) is 0 Å². The molecule has 0 saturated heterocycles. The monoisotopic (exact) mass is 220 g/mol. The lowest BCUT2D eigenvalue weighted by atomic mass is 10.1. The van der Waals surface area contributed by atoms with E-state index >= 15 is 0 Å². The zero-order valence-electron chi connectivity index (χ0n) is 8.39. The number of hydrogen-bond acceptors (Lipinski definition) is 2. The van der Waals surface area contributed by atoms with E-state index in [9.17, 15) is 13.2 Å². The maximum atomic E-state index is 12.4. The second-order valence-corrected chi connectivity index (χ2v) is 2.97. The first-order chi connectivity index (χ1) is 6.99. The molecule has 0 N–H and O–H groups in total. The topological polar surface area (TPSA) is 18.5 Å². The molecule has 0 aromatic heterocycles. The Hall–Kier alpha value is -1.23. The Morgan fingerprint density at radius 2 is 1.87 bits per heavy atom. The van der Waals surface area contributed by atoms with Crippen molar-refractivity contribution in [1.29, 1.82) is 0 Å². The molecule has 0 aliphatic heterocycles. The van der Waals surface area contributed by atoms with Crippen LogP contribution in [-0.4, -0.2) is 14.2 Å². The van der Waals surface area contributed by atoms with Crippen LogP contribution in [0.2, 0.25) is 0 Å². The maximum absolute atomic E-state index is 12.4. The summed E-state index contributed by atoms with van der Waals surface area (Å²) in [5.74, 6) is -0.183. The lowest BCUT2D eigenvalue weighted by Crippen LogP contribution is -2.07. The van der Waals surface area contributed by atoms with Gasteiger partial charge in [-0.3, -0.25) is 0 Å². The van der Waals surface area contributed by atoms with Gasteiger partial charge in [0.1, 0.15) is 5.75 Å². The van der Waals surface area contributed by atoms with Crippen LogP contribution in [-0.2, 0) is 17.5 Å². The number of alkyl halides is 3. The number of benzene rings is 1. The smallest absolute Gasteiger partial charge is 0.419 e. The zero-order valence-corrected chi connectivity index (χ0v) is 8.39. The van der Waals surface area contributed by atoms with Gasteiger partial charge in [-0.25, -0.2) is 0 Å². The molecule has 0 unspecified atom stereocenters. The summed E-state index contributed by atoms with van der Waals surface area (Å²) in [6.07, 6.45) is -4.39. The normalized spacial score (nSPS) is 11.5. The van der Waals surface area contributed by atoms with Crippen molar-refractivity contribution in [3.8, 4) is 5.75 Å². The molecular weight excluding hydrogens is 209 g/mol. The molecule has 0 amide bonds. The fourth-order valence-electron chi connectivity index (χ4n) is 1.23. The highest BCUT2D eigenvalue weighted by Crippen LogP contribution is 2.36. The molecule has 1 aromatic rings. The third-order valence-electron chi connectivity index (χ3n) is 1.88. The molecular formula is C10H11F3O2. The quantitative estimate of drug-likeness (QED) is 0.779. The molecule has 0 aliphatic rings. The van der Waals surface area contributed by atoms with Crippen LogP contribution < -0.4 is 4.74 Å². The van der Waals surface area contributed by atoms with Crippen molar-refractivity contribution in [1.82, 2.24) is 0 Å². The zero-order chi connectivity index (χ0) is 11.5. The number of methoxy groups -OCH3 is 2. The summed E-state index contributed by atoms with van der Waals surface area (Å²) in [6.45, 7) is 0.258. The van der Waals surface area contributed by atoms with E-state index in [1.165, 1.54) is 26.4 Å². The molecule has 0 atom stereocenters. The summed E-state index contributed by atoms with van der Waals surface area (Å²) >= 11 is 0. The van der Waals surface area contributed by atoms with E-state index in [-0.39, 0.29) is 12.4 Å². The van der Waals surface area contributed by atoms with Gasteiger partial charge in [-0.1, -0.05) is 6.07 Å². The van der Waals surface area contributed by atoms with Crippen LogP contribution in [0.4, 0.5) is 13.2 Å². The first-order valence-electron chi connectivity index (χ1n) is 4.22. The molecule has 0 aliphatic carbocycles. The minimum atomic E-state index is -4.39. The van der Waals surface area contributed by atoms with Crippen LogP contribution in [0.5, 0.6) is 5.75 Å². The summed E-state index contributed by atoms with van der Waals surface area (Å²) in [5.41, 5.74) is -0.132. The molecule has 0 heterocycles. The van der Waals surface area contributed by atoms with Crippen molar-refractivity contribution in [2.45, 2.75) is 12.8 Å². The SMILES string of the molecule is COCc1ccc(C(F)(F)F)c(OC)c1. The number of rotatable bonds is 3. The van der Waals surface area contributed by atoms with Gasteiger partial charge >= 0.3 is 6.18 Å². The number of hydrogen-bond donors (Lipinski definition) is 0. The van der Waals surface area contributed by atoms with Crippen LogP contribution in [0, 0.1) is 0 Å². The summed E-state index contributed by atoms with van der Waals surface area (Å²) in [6, 6.07) is 3.69. The number of halogens is 3. The Morgan fingerprint density at radius 3 is 2.33 bits per heavy atom. The molecule has 0 saturated carbocycles. The predicted octanol–water partition coefficient (Wildman–Crippen LogP) is 2.86. The van der Waals surface area contributed by atoms with Crippen molar-refractivity contribution >= 4 is 0 Å². The van der Waals surface area contributed by atoms with Gasteiger partial charge in [0.05, 0.1) is 19.3 Å². The third kappa shape index (κ3) is 2.86. The second-order valence-electron chi connectivity index (χ2n) is 2.97. The minimum absolute atomic E-state index is 0.183. The standard InChI is InChI=1S/C10H11F3O2/c1-14-6-7-3-4-8(10(11,12)13)9(5-7)15-2/h3-5H,6H2,1-2H3. The van der Waals surface area contributed by atoms with Crippen molar-refractivity contribution in [2.75, 3.05) is 14.2 Å². The van der Waals surface area contributed by atoms with Gasteiger partial charge in [0, 0.05) is 7.11 Å². The van der Waals surface area contributed by atoms with E-state index < -0.39 is 11.7 Å². The van der Waals surface area contributed by atoms with Gasteiger partial charge in [-0.15, -0.1) is 0 Å². The largest absolute Gasteiger partial charge is 0.496 e. The Bertz CT molecular complexity index is 334. The van der Waals surface area contributed by atoms with Gasteiger partial charge in [0.2, 0.25) is 0 Å². The lowest BCUT2D eigenvalue weighted by molar-refractivity contribution is -0.138. The molecule has 0 fully saturated rings. The Morgan fingerprint density at radius 1 is 1.20 bits per heavy atom. The molecule has 1 aromatic carbocycles. The summed E-state index contributed by atoms with van der Waals surface area (Å²) in [5, 5.41) is 0. The molecule has 1 rings (SSSR count). The summed E-state index contributed by atoms with van der Waals surface area (Å²) in [4.78, 5) is 0. The predicted molar refractivity (Wildman–Crippen MR) is 48.7 cm³/mol. The van der Waals surface area contributed by atoms with Crippen molar-refractivity contribution in [3.05, 3.63) is 29.3 Å². The highest BCUT2D eigenvalue weighted by molar-refractivity contribution is 5.39. The Kier molecular flexibility index (Phi) is 3.57. The average Bonchev–Trinajstić information content (AvgIpc) is 2.16. The van der Waals surface area contributed by atoms with E-state index in [4.69, 9.17) is 4.74 Å². The highest BCUT2D eigenvalue weighted by atomic mass is 19.4. The lowest BCUT2D eigenvalue weighted by Gasteiger charge is -2.12. The van der Waals surface area contributed by atoms with Crippen LogP contribution >= 0.6 is 0 Å². The van der Waals surface area contributed by atoms with Gasteiger partial charge < -0.3 is 9.47 Å². The van der Waals surface area contributed by atoms with Crippen LogP contribution in [0.25, 0.3) is 0 Å². The summed E-state index contributed by atoms with van der Waals surface area (Å²) < 4.78 is 46.8. The van der Waals surface area contributed by atoms with Crippen LogP contribution in [0.1, 0.15) is 11.1 Å². The molecule has 0 spiro atoms. The van der Waals surface area contributed by atoms with Crippen molar-refractivity contribution in [2.24, 2.45) is 0 Å².